The normalized spacial score (nSPS) is 18.0. The van der Waals surface area contributed by atoms with Gasteiger partial charge in [-0.3, -0.25) is 9.59 Å². The number of rotatable bonds is 8. The summed E-state index contributed by atoms with van der Waals surface area (Å²) in [7, 11) is 0. The Morgan fingerprint density at radius 1 is 1.06 bits per heavy atom. The molecular formula is C27H32N2O5. The van der Waals surface area contributed by atoms with Crippen LogP contribution in [0.3, 0.4) is 0 Å². The predicted octanol–water partition coefficient (Wildman–Crippen LogP) is 4.41. The minimum atomic E-state index is -0.894. The summed E-state index contributed by atoms with van der Waals surface area (Å²) >= 11 is 0. The highest BCUT2D eigenvalue weighted by atomic mass is 16.5. The van der Waals surface area contributed by atoms with Gasteiger partial charge in [0, 0.05) is 25.0 Å². The Hall–Kier alpha value is -3.35. The van der Waals surface area contributed by atoms with Crippen molar-refractivity contribution in [3.05, 3.63) is 59.7 Å². The van der Waals surface area contributed by atoms with E-state index in [0.29, 0.717) is 19.4 Å². The number of nitrogens with zero attached hydrogens (tertiary/aromatic N) is 1. The van der Waals surface area contributed by atoms with Crippen LogP contribution in [0.1, 0.15) is 56.1 Å². The highest BCUT2D eigenvalue weighted by molar-refractivity contribution is 5.81. The van der Waals surface area contributed by atoms with Gasteiger partial charge in [0.05, 0.1) is 12.3 Å². The summed E-state index contributed by atoms with van der Waals surface area (Å²) in [5, 5.41) is 12.0. The first kappa shape index (κ1) is 23.8. The van der Waals surface area contributed by atoms with Gasteiger partial charge in [-0.05, 0) is 47.9 Å². The molecule has 2 aromatic carbocycles. The lowest BCUT2D eigenvalue weighted by atomic mass is 9.96. The maximum atomic E-state index is 13.1. The zero-order chi connectivity index (χ0) is 24.1. The maximum Gasteiger partial charge on any atom is 0.407 e. The number of carboxylic acid groups (broad SMARTS) is 1. The molecule has 180 valence electrons. The summed E-state index contributed by atoms with van der Waals surface area (Å²) in [6, 6.07) is 16.0. The number of fused-ring (bicyclic) bond motifs is 3. The number of carbonyl (C=O) groups excluding carboxylic acids is 2. The van der Waals surface area contributed by atoms with Gasteiger partial charge in [-0.2, -0.15) is 0 Å². The van der Waals surface area contributed by atoms with Crippen molar-refractivity contribution >= 4 is 18.0 Å². The molecule has 0 radical (unpaired) electrons. The molecule has 1 heterocycles. The van der Waals surface area contributed by atoms with E-state index >= 15 is 0 Å². The molecule has 0 bridgehead atoms. The van der Waals surface area contributed by atoms with Crippen LogP contribution in [-0.2, 0) is 14.3 Å². The molecule has 2 aliphatic rings. The van der Waals surface area contributed by atoms with Crippen LogP contribution in [-0.4, -0.2) is 53.7 Å². The minimum absolute atomic E-state index is 0.0214. The van der Waals surface area contributed by atoms with E-state index in [1.54, 1.807) is 4.90 Å². The average molecular weight is 465 g/mol. The number of hydrogen-bond acceptors (Lipinski definition) is 4. The van der Waals surface area contributed by atoms with Crippen molar-refractivity contribution < 1.29 is 24.2 Å². The fourth-order valence-electron chi connectivity index (χ4n) is 5.20. The van der Waals surface area contributed by atoms with Gasteiger partial charge in [-0.25, -0.2) is 4.79 Å². The zero-order valence-corrected chi connectivity index (χ0v) is 19.5. The molecule has 1 aliphatic carbocycles. The van der Waals surface area contributed by atoms with Crippen molar-refractivity contribution in [2.24, 2.45) is 5.92 Å². The molecule has 2 aromatic rings. The number of alkyl carbamates (subject to hydrolysis) is 1. The third-order valence-corrected chi connectivity index (χ3v) is 7.00. The molecule has 7 nitrogen and oxygen atoms in total. The van der Waals surface area contributed by atoms with Gasteiger partial charge >= 0.3 is 12.1 Å². The maximum absolute atomic E-state index is 13.1. The molecule has 4 rings (SSSR count). The molecule has 34 heavy (non-hydrogen) atoms. The molecule has 0 aromatic heterocycles. The fourth-order valence-corrected chi connectivity index (χ4v) is 5.20. The van der Waals surface area contributed by atoms with Crippen LogP contribution in [0.15, 0.2) is 48.5 Å². The predicted molar refractivity (Wildman–Crippen MR) is 128 cm³/mol. The molecule has 2 amide bonds. The summed E-state index contributed by atoms with van der Waals surface area (Å²) in [4.78, 5) is 38.5. The number of carbonyl (C=O) groups is 3. The van der Waals surface area contributed by atoms with Crippen molar-refractivity contribution in [1.29, 1.82) is 0 Å². The molecule has 2 N–H and O–H groups in total. The number of aliphatic carboxylic acids is 1. The van der Waals surface area contributed by atoms with Crippen molar-refractivity contribution in [3.63, 3.8) is 0 Å². The summed E-state index contributed by atoms with van der Waals surface area (Å²) in [5.41, 5.74) is 4.63. The second-order valence-electron chi connectivity index (χ2n) is 9.09. The summed E-state index contributed by atoms with van der Waals surface area (Å²) in [6.07, 6.45) is 2.47. The van der Waals surface area contributed by atoms with Crippen molar-refractivity contribution in [3.8, 4) is 11.1 Å². The Kier molecular flexibility index (Phi) is 7.50. The number of ether oxygens (including phenoxy) is 1. The standard InChI is InChI=1S/C27H32N2O5/c1-2-18(26(32)29-14-8-7-9-19(29)15-25(30)31)16-28-27(33)34-17-24-22-12-5-3-10-20(22)21-11-4-6-13-23(21)24/h3-6,10-13,18-19,24H,2,7-9,14-17H2,1H3,(H,28,33)(H,30,31)/t18?,19-/m1/s1. The summed E-state index contributed by atoms with van der Waals surface area (Å²) in [5.74, 6) is -1.41. The van der Waals surface area contributed by atoms with Gasteiger partial charge in [0.25, 0.3) is 0 Å². The largest absolute Gasteiger partial charge is 0.481 e. The van der Waals surface area contributed by atoms with Gasteiger partial charge < -0.3 is 20.1 Å². The first-order valence-electron chi connectivity index (χ1n) is 12.1. The number of likely N-dealkylation sites (tertiary alicyclic amines) is 1. The van der Waals surface area contributed by atoms with Gasteiger partial charge in [-0.1, -0.05) is 55.5 Å². The third-order valence-electron chi connectivity index (χ3n) is 7.00. The SMILES string of the molecule is CCC(CNC(=O)OCC1c2ccccc2-c2ccccc21)C(=O)N1CCCC[C@@H]1CC(=O)O. The first-order chi connectivity index (χ1) is 16.5. The number of benzene rings is 2. The van der Waals surface area contributed by atoms with Crippen LogP contribution in [0.2, 0.25) is 0 Å². The van der Waals surface area contributed by atoms with E-state index in [2.05, 4.69) is 29.6 Å². The average Bonchev–Trinajstić information content (AvgIpc) is 3.16. The molecule has 1 unspecified atom stereocenters. The van der Waals surface area contributed by atoms with Gasteiger partial charge in [-0.15, -0.1) is 0 Å². The van der Waals surface area contributed by atoms with Crippen molar-refractivity contribution in [1.82, 2.24) is 10.2 Å². The Balaban J connectivity index is 1.33. The number of hydrogen-bond donors (Lipinski definition) is 2. The Bertz CT molecular complexity index is 1010. The Morgan fingerprint density at radius 3 is 2.32 bits per heavy atom. The molecular weight excluding hydrogens is 432 g/mol. The lowest BCUT2D eigenvalue weighted by Gasteiger charge is -2.37. The van der Waals surface area contributed by atoms with Crippen LogP contribution in [0.4, 0.5) is 4.79 Å². The Labute approximate surface area is 200 Å². The summed E-state index contributed by atoms with van der Waals surface area (Å²) < 4.78 is 5.58. The molecule has 0 saturated carbocycles. The molecule has 2 atom stereocenters. The number of nitrogens with one attached hydrogen (secondary N) is 1. The lowest BCUT2D eigenvalue weighted by Crippen LogP contribution is -2.49. The van der Waals surface area contributed by atoms with E-state index in [9.17, 15) is 19.5 Å². The van der Waals surface area contributed by atoms with E-state index < -0.39 is 18.0 Å². The van der Waals surface area contributed by atoms with Crippen LogP contribution in [0, 0.1) is 5.92 Å². The topological polar surface area (TPSA) is 95.9 Å². The van der Waals surface area contributed by atoms with Crippen molar-refractivity contribution in [2.75, 3.05) is 19.7 Å². The zero-order valence-electron chi connectivity index (χ0n) is 19.5. The van der Waals surface area contributed by atoms with E-state index in [4.69, 9.17) is 4.74 Å². The monoisotopic (exact) mass is 464 g/mol. The number of carboxylic acids is 1. The number of amides is 2. The molecule has 0 spiro atoms. The first-order valence-corrected chi connectivity index (χ1v) is 12.1. The molecule has 1 aliphatic heterocycles. The highest BCUT2D eigenvalue weighted by Crippen LogP contribution is 2.44. The van der Waals surface area contributed by atoms with E-state index in [-0.39, 0.29) is 37.4 Å². The quantitative estimate of drug-likeness (QED) is 0.603. The lowest BCUT2D eigenvalue weighted by molar-refractivity contribution is -0.143. The minimum Gasteiger partial charge on any atom is -0.481 e. The van der Waals surface area contributed by atoms with Crippen LogP contribution in [0.5, 0.6) is 0 Å². The van der Waals surface area contributed by atoms with Gasteiger partial charge in [0.15, 0.2) is 0 Å². The second kappa shape index (κ2) is 10.7. The van der Waals surface area contributed by atoms with E-state index in [1.165, 1.54) is 11.1 Å². The van der Waals surface area contributed by atoms with Crippen LogP contribution in [0.25, 0.3) is 11.1 Å². The molecule has 1 saturated heterocycles. The van der Waals surface area contributed by atoms with Crippen LogP contribution < -0.4 is 5.32 Å². The summed E-state index contributed by atoms with van der Waals surface area (Å²) in [6.45, 7) is 2.86. The third kappa shape index (κ3) is 5.08. The van der Waals surface area contributed by atoms with E-state index in [0.717, 1.165) is 24.0 Å². The van der Waals surface area contributed by atoms with Gasteiger partial charge in [0.1, 0.15) is 6.61 Å². The second-order valence-corrected chi connectivity index (χ2v) is 9.09. The smallest absolute Gasteiger partial charge is 0.407 e. The van der Waals surface area contributed by atoms with Gasteiger partial charge in [0.2, 0.25) is 5.91 Å². The van der Waals surface area contributed by atoms with Crippen molar-refractivity contribution in [2.45, 2.75) is 51.0 Å². The highest BCUT2D eigenvalue weighted by Gasteiger charge is 2.33. The number of piperidine rings is 1. The van der Waals surface area contributed by atoms with Crippen LogP contribution >= 0.6 is 0 Å². The Morgan fingerprint density at radius 2 is 1.71 bits per heavy atom. The molecule has 7 heteroatoms. The van der Waals surface area contributed by atoms with E-state index in [1.807, 2.05) is 31.2 Å². The molecule has 1 fully saturated rings. The fraction of sp³-hybridized carbons (Fsp3) is 0.444.